The first-order chi connectivity index (χ1) is 4.81. The lowest BCUT2D eigenvalue weighted by Crippen LogP contribution is -1.98. The summed E-state index contributed by atoms with van der Waals surface area (Å²) in [7, 11) is 1.41. The van der Waals surface area contributed by atoms with Crippen LogP contribution in [-0.2, 0) is 9.53 Å². The number of ether oxygens (including phenoxy) is 1. The Kier molecular flexibility index (Phi) is 6.24. The van der Waals surface area contributed by atoms with Gasteiger partial charge in [-0.25, -0.2) is 0 Å². The van der Waals surface area contributed by atoms with Crippen molar-refractivity contribution in [1.82, 2.24) is 0 Å². The summed E-state index contributed by atoms with van der Waals surface area (Å²) in [6.45, 7) is 5.26. The molecule has 58 valence electrons. The molecule has 10 heavy (non-hydrogen) atoms. The Morgan fingerprint density at radius 3 is 2.60 bits per heavy atom. The van der Waals surface area contributed by atoms with Crippen molar-refractivity contribution >= 4 is 5.97 Å². The first-order valence-corrected chi connectivity index (χ1v) is 3.58. The summed E-state index contributed by atoms with van der Waals surface area (Å²) in [6.07, 6.45) is 4.14. The molecule has 0 saturated heterocycles. The Labute approximate surface area is 62.6 Å². The van der Waals surface area contributed by atoms with E-state index in [0.29, 0.717) is 12.8 Å². The van der Waals surface area contributed by atoms with Crippen LogP contribution in [0.1, 0.15) is 32.1 Å². The fraction of sp³-hybridized carbons (Fsp3) is 0.750. The first kappa shape index (κ1) is 9.47. The number of carbonyl (C=O) groups is 1. The van der Waals surface area contributed by atoms with Crippen LogP contribution in [0.5, 0.6) is 0 Å². The molecule has 0 N–H and O–H groups in total. The summed E-state index contributed by atoms with van der Waals surface area (Å²) >= 11 is 0. The van der Waals surface area contributed by atoms with Gasteiger partial charge < -0.3 is 4.74 Å². The lowest BCUT2D eigenvalue weighted by Gasteiger charge is -1.97. The van der Waals surface area contributed by atoms with Gasteiger partial charge in [0.05, 0.1) is 7.11 Å². The number of rotatable bonds is 5. The summed E-state index contributed by atoms with van der Waals surface area (Å²) in [5.41, 5.74) is 0. The standard InChI is InChI=1S/C8H14O2/c1-3-4-5-6-7-8(9)10-2/h1H,3-7H2,2H3. The number of methoxy groups -OCH3 is 1. The Bertz CT molecular complexity index is 89.3. The molecule has 2 nitrogen and oxygen atoms in total. The monoisotopic (exact) mass is 142 g/mol. The van der Waals surface area contributed by atoms with Crippen molar-refractivity contribution in [2.75, 3.05) is 7.11 Å². The average Bonchev–Trinajstić information content (AvgIpc) is 1.98. The SMILES string of the molecule is [CH]CCCCCC(=O)OC. The Balaban J connectivity index is 2.96. The molecule has 0 bridgehead atoms. The number of hydrogen-bond acceptors (Lipinski definition) is 2. The van der Waals surface area contributed by atoms with E-state index in [2.05, 4.69) is 4.74 Å². The highest BCUT2D eigenvalue weighted by atomic mass is 16.5. The maximum Gasteiger partial charge on any atom is 0.305 e. The van der Waals surface area contributed by atoms with E-state index in [1.165, 1.54) is 7.11 Å². The van der Waals surface area contributed by atoms with E-state index in [-0.39, 0.29) is 5.97 Å². The molecule has 0 aliphatic carbocycles. The van der Waals surface area contributed by atoms with Gasteiger partial charge in [0.15, 0.2) is 0 Å². The van der Waals surface area contributed by atoms with Crippen LogP contribution in [0.2, 0.25) is 0 Å². The molecule has 2 heteroatoms. The number of esters is 1. The quantitative estimate of drug-likeness (QED) is 0.432. The molecule has 0 fully saturated rings. The van der Waals surface area contributed by atoms with Gasteiger partial charge in [0.2, 0.25) is 0 Å². The molecular formula is C8H14O2. The van der Waals surface area contributed by atoms with Crippen molar-refractivity contribution in [3.63, 3.8) is 0 Å². The third-order valence-corrected chi connectivity index (χ3v) is 1.31. The number of carbonyl (C=O) groups excluding carboxylic acids is 1. The van der Waals surface area contributed by atoms with E-state index in [0.717, 1.165) is 19.3 Å². The molecule has 0 unspecified atom stereocenters. The van der Waals surface area contributed by atoms with E-state index in [9.17, 15) is 4.79 Å². The third kappa shape index (κ3) is 5.60. The molecule has 0 amide bonds. The number of unbranched alkanes of at least 4 members (excludes halogenated alkanes) is 3. The summed E-state index contributed by atoms with van der Waals surface area (Å²) in [5, 5.41) is 0. The van der Waals surface area contributed by atoms with E-state index in [1.54, 1.807) is 0 Å². The maximum absolute atomic E-state index is 10.5. The molecule has 0 aliphatic heterocycles. The molecule has 0 aromatic rings. The van der Waals surface area contributed by atoms with Crippen molar-refractivity contribution in [3.8, 4) is 0 Å². The Hall–Kier alpha value is -0.530. The fourth-order valence-electron chi connectivity index (χ4n) is 0.693. The molecule has 0 heterocycles. The second-order valence-corrected chi connectivity index (χ2v) is 2.18. The normalized spacial score (nSPS) is 9.40. The minimum Gasteiger partial charge on any atom is -0.469 e. The van der Waals surface area contributed by atoms with Crippen molar-refractivity contribution in [3.05, 3.63) is 6.92 Å². The van der Waals surface area contributed by atoms with Gasteiger partial charge in [-0.05, 0) is 19.8 Å². The lowest BCUT2D eigenvalue weighted by molar-refractivity contribution is -0.140. The Morgan fingerprint density at radius 1 is 1.40 bits per heavy atom. The van der Waals surface area contributed by atoms with Crippen LogP contribution in [0.4, 0.5) is 0 Å². The molecule has 0 spiro atoms. The van der Waals surface area contributed by atoms with E-state index >= 15 is 0 Å². The van der Waals surface area contributed by atoms with Crippen LogP contribution in [0.3, 0.4) is 0 Å². The van der Waals surface area contributed by atoms with Gasteiger partial charge in [-0.2, -0.15) is 0 Å². The highest BCUT2D eigenvalue weighted by molar-refractivity contribution is 5.68. The smallest absolute Gasteiger partial charge is 0.305 e. The average molecular weight is 142 g/mol. The van der Waals surface area contributed by atoms with Crippen LogP contribution >= 0.6 is 0 Å². The minimum atomic E-state index is -0.128. The topological polar surface area (TPSA) is 26.3 Å². The van der Waals surface area contributed by atoms with E-state index in [1.807, 2.05) is 0 Å². The summed E-state index contributed by atoms with van der Waals surface area (Å²) < 4.78 is 4.46. The molecule has 0 aliphatic rings. The highest BCUT2D eigenvalue weighted by Gasteiger charge is 1.97. The van der Waals surface area contributed by atoms with Gasteiger partial charge >= 0.3 is 5.97 Å². The van der Waals surface area contributed by atoms with Crippen molar-refractivity contribution in [1.29, 1.82) is 0 Å². The summed E-state index contributed by atoms with van der Waals surface area (Å²) in [6, 6.07) is 0. The van der Waals surface area contributed by atoms with Gasteiger partial charge in [-0.3, -0.25) is 4.79 Å². The van der Waals surface area contributed by atoms with Crippen molar-refractivity contribution < 1.29 is 9.53 Å². The van der Waals surface area contributed by atoms with Crippen LogP contribution < -0.4 is 0 Å². The van der Waals surface area contributed by atoms with E-state index in [4.69, 9.17) is 6.92 Å². The third-order valence-electron chi connectivity index (χ3n) is 1.31. The van der Waals surface area contributed by atoms with Gasteiger partial charge in [-0.1, -0.05) is 12.8 Å². The maximum atomic E-state index is 10.5. The van der Waals surface area contributed by atoms with Gasteiger partial charge in [-0.15, -0.1) is 0 Å². The molecule has 0 saturated carbocycles. The molecule has 2 radical (unpaired) electrons. The van der Waals surface area contributed by atoms with E-state index < -0.39 is 0 Å². The zero-order chi connectivity index (χ0) is 7.82. The lowest BCUT2D eigenvalue weighted by atomic mass is 10.2. The zero-order valence-corrected chi connectivity index (χ0v) is 6.43. The number of hydrogen-bond donors (Lipinski definition) is 0. The largest absolute Gasteiger partial charge is 0.469 e. The van der Waals surface area contributed by atoms with Gasteiger partial charge in [0, 0.05) is 6.42 Å². The Morgan fingerprint density at radius 2 is 2.10 bits per heavy atom. The van der Waals surface area contributed by atoms with Crippen LogP contribution in [0.15, 0.2) is 0 Å². The highest BCUT2D eigenvalue weighted by Crippen LogP contribution is 2.02. The van der Waals surface area contributed by atoms with Crippen molar-refractivity contribution in [2.24, 2.45) is 0 Å². The summed E-state index contributed by atoms with van der Waals surface area (Å²) in [5.74, 6) is -0.128. The second-order valence-electron chi connectivity index (χ2n) is 2.18. The van der Waals surface area contributed by atoms with Crippen LogP contribution in [0.25, 0.3) is 0 Å². The molecule has 0 aromatic heterocycles. The zero-order valence-electron chi connectivity index (χ0n) is 6.43. The molecule has 0 rings (SSSR count). The van der Waals surface area contributed by atoms with Crippen molar-refractivity contribution in [2.45, 2.75) is 32.1 Å². The molecule has 0 atom stereocenters. The fourth-order valence-corrected chi connectivity index (χ4v) is 0.693. The van der Waals surface area contributed by atoms with Crippen LogP contribution in [-0.4, -0.2) is 13.1 Å². The second kappa shape index (κ2) is 6.59. The molecular weight excluding hydrogens is 128 g/mol. The first-order valence-electron chi connectivity index (χ1n) is 3.58. The predicted octanol–water partition coefficient (Wildman–Crippen LogP) is 1.82. The van der Waals surface area contributed by atoms with Crippen LogP contribution in [0, 0.1) is 6.92 Å². The minimum absolute atomic E-state index is 0.128. The summed E-state index contributed by atoms with van der Waals surface area (Å²) in [4.78, 5) is 10.5. The molecule has 0 aromatic carbocycles. The van der Waals surface area contributed by atoms with Gasteiger partial charge in [0.25, 0.3) is 0 Å². The van der Waals surface area contributed by atoms with Gasteiger partial charge in [0.1, 0.15) is 0 Å². The predicted molar refractivity (Wildman–Crippen MR) is 39.4 cm³/mol.